The van der Waals surface area contributed by atoms with Gasteiger partial charge in [-0.2, -0.15) is 5.10 Å². The predicted octanol–water partition coefficient (Wildman–Crippen LogP) is 4.85. The van der Waals surface area contributed by atoms with Crippen molar-refractivity contribution in [2.45, 2.75) is 6.54 Å². The number of amides is 1. The van der Waals surface area contributed by atoms with Gasteiger partial charge in [0.05, 0.1) is 29.6 Å². The lowest BCUT2D eigenvalue weighted by molar-refractivity contribution is 0.0600. The van der Waals surface area contributed by atoms with E-state index >= 15 is 0 Å². The topological polar surface area (TPSA) is 81.9 Å². The van der Waals surface area contributed by atoms with Crippen molar-refractivity contribution in [3.8, 4) is 5.75 Å². The van der Waals surface area contributed by atoms with E-state index in [9.17, 15) is 9.59 Å². The van der Waals surface area contributed by atoms with Gasteiger partial charge in [-0.25, -0.2) is 10.2 Å². The zero-order valence-electron chi connectivity index (χ0n) is 18.6. The Morgan fingerprint density at radius 2 is 1.85 bits per heavy atom. The molecule has 0 saturated heterocycles. The number of carbonyl (C=O) groups is 2. The summed E-state index contributed by atoms with van der Waals surface area (Å²) in [6.45, 7) is 0.563. The highest BCUT2D eigenvalue weighted by Crippen LogP contribution is 2.23. The maximum atomic E-state index is 12.5. The number of esters is 1. The van der Waals surface area contributed by atoms with Gasteiger partial charge in [-0.05, 0) is 64.6 Å². The van der Waals surface area contributed by atoms with E-state index in [1.807, 2.05) is 54.7 Å². The van der Waals surface area contributed by atoms with Crippen LogP contribution < -0.4 is 10.2 Å². The van der Waals surface area contributed by atoms with Crippen LogP contribution in [0.1, 0.15) is 31.8 Å². The number of hydrogen-bond acceptors (Lipinski definition) is 5. The number of carbonyl (C=O) groups excluding carboxylic acids is 2. The van der Waals surface area contributed by atoms with Gasteiger partial charge in [0, 0.05) is 34.8 Å². The van der Waals surface area contributed by atoms with Crippen LogP contribution in [0.15, 0.2) is 78.0 Å². The van der Waals surface area contributed by atoms with Gasteiger partial charge in [0.15, 0.2) is 0 Å². The molecule has 0 radical (unpaired) electrons. The summed E-state index contributed by atoms with van der Waals surface area (Å²) < 4.78 is 13.1. The van der Waals surface area contributed by atoms with Gasteiger partial charge < -0.3 is 14.0 Å². The average molecular weight is 567 g/mol. The molecule has 0 aliphatic carbocycles. The second kappa shape index (κ2) is 10.5. The second-order valence-corrected chi connectivity index (χ2v) is 8.63. The van der Waals surface area contributed by atoms with Crippen molar-refractivity contribution in [2.24, 2.45) is 5.10 Å². The van der Waals surface area contributed by atoms with Crippen molar-refractivity contribution in [3.63, 3.8) is 0 Å². The van der Waals surface area contributed by atoms with Crippen LogP contribution in [0.2, 0.25) is 0 Å². The minimum absolute atomic E-state index is 0.325. The van der Waals surface area contributed by atoms with E-state index in [2.05, 4.69) is 37.7 Å². The summed E-state index contributed by atoms with van der Waals surface area (Å²) in [4.78, 5) is 24.4. The molecule has 0 aliphatic heterocycles. The Morgan fingerprint density at radius 3 is 2.65 bits per heavy atom. The lowest BCUT2D eigenvalue weighted by atomic mass is 10.1. The number of nitrogens with one attached hydrogen (secondary N) is 1. The first kappa shape index (κ1) is 23.5. The Labute approximate surface area is 210 Å². The van der Waals surface area contributed by atoms with Gasteiger partial charge in [-0.15, -0.1) is 0 Å². The molecule has 0 unspecified atom stereocenters. The van der Waals surface area contributed by atoms with E-state index in [1.165, 1.54) is 7.11 Å². The lowest BCUT2D eigenvalue weighted by Gasteiger charge is -2.07. The summed E-state index contributed by atoms with van der Waals surface area (Å²) in [7, 11) is 2.94. The van der Waals surface area contributed by atoms with E-state index in [4.69, 9.17) is 9.47 Å². The number of rotatable bonds is 7. The summed E-state index contributed by atoms with van der Waals surface area (Å²) in [6, 6.07) is 20.5. The first-order valence-electron chi connectivity index (χ1n) is 10.4. The molecule has 1 heterocycles. The largest absolute Gasteiger partial charge is 0.496 e. The Bertz CT molecular complexity index is 1390. The molecule has 4 aromatic rings. The van der Waals surface area contributed by atoms with Crippen molar-refractivity contribution < 1.29 is 19.1 Å². The number of benzene rings is 3. The van der Waals surface area contributed by atoms with Gasteiger partial charge in [0.1, 0.15) is 5.75 Å². The van der Waals surface area contributed by atoms with Crippen LogP contribution in [0.3, 0.4) is 0 Å². The van der Waals surface area contributed by atoms with Crippen molar-refractivity contribution >= 4 is 51.6 Å². The van der Waals surface area contributed by atoms with Gasteiger partial charge in [-0.3, -0.25) is 4.79 Å². The van der Waals surface area contributed by atoms with Crippen LogP contribution in [0.25, 0.3) is 10.9 Å². The fraction of sp³-hybridized carbons (Fsp3) is 0.115. The second-order valence-electron chi connectivity index (χ2n) is 7.47. The summed E-state index contributed by atoms with van der Waals surface area (Å²) in [5, 5.41) is 5.17. The van der Waals surface area contributed by atoms with E-state index < -0.39 is 0 Å². The van der Waals surface area contributed by atoms with Gasteiger partial charge in [0.2, 0.25) is 0 Å². The maximum absolute atomic E-state index is 12.5. The Balaban J connectivity index is 1.56. The standard InChI is InChI=1S/C26H22IN3O4/c1-33-24-13-18(10-11-22(24)27)25(31)29-28-14-20-16-30(23-9-4-3-8-21(20)23)15-17-6-5-7-19(12-17)26(32)34-2/h3-14,16H,15H2,1-2H3,(H,29,31)/b28-14+. The third-order valence-corrected chi connectivity index (χ3v) is 6.19. The molecule has 8 heteroatoms. The van der Waals surface area contributed by atoms with E-state index in [0.717, 1.165) is 25.6 Å². The third-order valence-electron chi connectivity index (χ3n) is 5.30. The predicted molar refractivity (Wildman–Crippen MR) is 140 cm³/mol. The molecule has 0 bridgehead atoms. The Kier molecular flexibility index (Phi) is 7.27. The summed E-state index contributed by atoms with van der Waals surface area (Å²) >= 11 is 2.15. The molecule has 1 aromatic heterocycles. The van der Waals surface area contributed by atoms with Gasteiger partial charge in [-0.1, -0.05) is 30.3 Å². The van der Waals surface area contributed by atoms with E-state index in [0.29, 0.717) is 23.4 Å². The number of halogens is 1. The van der Waals surface area contributed by atoms with Crippen molar-refractivity contribution in [3.05, 3.63) is 98.8 Å². The van der Waals surface area contributed by atoms with Crippen molar-refractivity contribution in [1.29, 1.82) is 0 Å². The Morgan fingerprint density at radius 1 is 1.03 bits per heavy atom. The molecule has 0 atom stereocenters. The average Bonchev–Trinajstić information content (AvgIpc) is 3.21. The molecular weight excluding hydrogens is 545 g/mol. The molecule has 1 amide bonds. The van der Waals surface area contributed by atoms with Gasteiger partial charge >= 0.3 is 5.97 Å². The lowest BCUT2D eigenvalue weighted by Crippen LogP contribution is -2.17. The molecule has 7 nitrogen and oxygen atoms in total. The highest BCUT2D eigenvalue weighted by molar-refractivity contribution is 14.1. The third kappa shape index (κ3) is 5.12. The SMILES string of the molecule is COC(=O)c1cccc(Cn2cc(/C=N/NC(=O)c3ccc(I)c(OC)c3)c3ccccc32)c1. The zero-order chi connectivity index (χ0) is 24.1. The minimum atomic E-state index is -0.367. The first-order valence-corrected chi connectivity index (χ1v) is 11.5. The van der Waals surface area contributed by atoms with Crippen molar-refractivity contribution in [1.82, 2.24) is 9.99 Å². The zero-order valence-corrected chi connectivity index (χ0v) is 20.8. The number of ether oxygens (including phenoxy) is 2. The van der Waals surface area contributed by atoms with Crippen LogP contribution in [0, 0.1) is 3.57 Å². The smallest absolute Gasteiger partial charge is 0.337 e. The number of hydrogen-bond donors (Lipinski definition) is 1. The molecule has 172 valence electrons. The normalized spacial score (nSPS) is 11.0. The fourth-order valence-electron chi connectivity index (χ4n) is 3.65. The first-order chi connectivity index (χ1) is 16.5. The highest BCUT2D eigenvalue weighted by Gasteiger charge is 2.11. The molecule has 4 rings (SSSR count). The Hall–Kier alpha value is -3.66. The van der Waals surface area contributed by atoms with Crippen LogP contribution in [0.4, 0.5) is 0 Å². The quantitative estimate of drug-likeness (QED) is 0.150. The number of fused-ring (bicyclic) bond motifs is 1. The van der Waals surface area contributed by atoms with Gasteiger partial charge in [0.25, 0.3) is 5.91 Å². The fourth-order valence-corrected chi connectivity index (χ4v) is 4.20. The summed E-state index contributed by atoms with van der Waals surface area (Å²) in [5.74, 6) is -0.0561. The van der Waals surface area contributed by atoms with Crippen LogP contribution in [-0.4, -0.2) is 36.9 Å². The molecule has 1 N–H and O–H groups in total. The monoisotopic (exact) mass is 567 g/mol. The van der Waals surface area contributed by atoms with E-state index in [1.54, 1.807) is 31.5 Å². The minimum Gasteiger partial charge on any atom is -0.496 e. The molecule has 0 saturated carbocycles. The molecule has 0 fully saturated rings. The van der Waals surface area contributed by atoms with Crippen molar-refractivity contribution in [2.75, 3.05) is 14.2 Å². The highest BCUT2D eigenvalue weighted by atomic mass is 127. The van der Waals surface area contributed by atoms with E-state index in [-0.39, 0.29) is 11.9 Å². The number of para-hydroxylation sites is 1. The van der Waals surface area contributed by atoms with Crippen LogP contribution in [-0.2, 0) is 11.3 Å². The molecular formula is C26H22IN3O4. The number of aromatic nitrogens is 1. The molecule has 0 spiro atoms. The summed E-state index contributed by atoms with van der Waals surface area (Å²) in [6.07, 6.45) is 3.60. The molecule has 3 aromatic carbocycles. The maximum Gasteiger partial charge on any atom is 0.337 e. The molecule has 0 aliphatic rings. The number of methoxy groups -OCH3 is 2. The number of hydrazone groups is 1. The number of nitrogens with zero attached hydrogens (tertiary/aromatic N) is 2. The molecule has 34 heavy (non-hydrogen) atoms. The van der Waals surface area contributed by atoms with Crippen LogP contribution in [0.5, 0.6) is 5.75 Å². The summed E-state index contributed by atoms with van der Waals surface area (Å²) in [5.41, 5.74) is 6.39. The van der Waals surface area contributed by atoms with Crippen LogP contribution >= 0.6 is 22.6 Å².